The Balaban J connectivity index is 2.34. The number of esters is 1. The summed E-state index contributed by atoms with van der Waals surface area (Å²) in [5.41, 5.74) is 3.82. The summed E-state index contributed by atoms with van der Waals surface area (Å²) in [6, 6.07) is 9.53. The summed E-state index contributed by atoms with van der Waals surface area (Å²) in [5, 5.41) is 0.132. The van der Waals surface area contributed by atoms with Crippen molar-refractivity contribution < 1.29 is 9.53 Å². The Morgan fingerprint density at radius 1 is 1.10 bits per heavy atom. The van der Waals surface area contributed by atoms with Gasteiger partial charge >= 0.3 is 5.97 Å². The topological polar surface area (TPSA) is 52.1 Å². The number of ether oxygens (including phenoxy) is 1. The second kappa shape index (κ2) is 6.72. The van der Waals surface area contributed by atoms with Crippen molar-refractivity contribution >= 4 is 17.7 Å². The molecule has 110 valence electrons. The van der Waals surface area contributed by atoms with Gasteiger partial charge in [-0.05, 0) is 31.9 Å². The van der Waals surface area contributed by atoms with Gasteiger partial charge in [-0.15, -0.1) is 0 Å². The molecule has 1 atom stereocenters. The van der Waals surface area contributed by atoms with Crippen LogP contribution in [0.1, 0.15) is 27.8 Å². The van der Waals surface area contributed by atoms with Gasteiger partial charge in [0.05, 0.1) is 7.11 Å². The first kappa shape index (κ1) is 15.5. The normalized spacial score (nSPS) is 12.0. The van der Waals surface area contributed by atoms with Crippen molar-refractivity contribution in [2.75, 3.05) is 7.11 Å². The predicted octanol–water partition coefficient (Wildman–Crippen LogP) is 3.41. The second-order valence-electron chi connectivity index (χ2n) is 4.73. The number of nitrogens with zero attached hydrogens (tertiary/aromatic N) is 2. The third-order valence-corrected chi connectivity index (χ3v) is 4.45. The Labute approximate surface area is 129 Å². The van der Waals surface area contributed by atoms with Crippen molar-refractivity contribution in [2.45, 2.75) is 31.2 Å². The molecule has 5 heteroatoms. The van der Waals surface area contributed by atoms with Crippen molar-refractivity contribution in [1.29, 1.82) is 0 Å². The number of hydrogen-bond acceptors (Lipinski definition) is 5. The van der Waals surface area contributed by atoms with Gasteiger partial charge < -0.3 is 4.74 Å². The number of benzene rings is 1. The minimum Gasteiger partial charge on any atom is -0.468 e. The molecule has 0 amide bonds. The van der Waals surface area contributed by atoms with E-state index in [-0.39, 0.29) is 5.97 Å². The number of rotatable bonds is 4. The molecule has 0 N–H and O–H groups in total. The van der Waals surface area contributed by atoms with Crippen molar-refractivity contribution in [1.82, 2.24) is 9.97 Å². The van der Waals surface area contributed by atoms with Gasteiger partial charge in [-0.3, -0.25) is 4.79 Å². The molecule has 0 fully saturated rings. The molecule has 0 aliphatic carbocycles. The molecular formula is C16H18N2O2S. The van der Waals surface area contributed by atoms with E-state index in [1.54, 1.807) is 0 Å². The third-order valence-electron chi connectivity index (χ3n) is 3.35. The second-order valence-corrected chi connectivity index (χ2v) is 5.81. The summed E-state index contributed by atoms with van der Waals surface area (Å²) in [6.45, 7) is 5.89. The number of methoxy groups -OCH3 is 1. The zero-order valence-electron chi connectivity index (χ0n) is 12.6. The van der Waals surface area contributed by atoms with Crippen molar-refractivity contribution in [3.05, 3.63) is 52.8 Å². The minimum atomic E-state index is -0.460. The molecule has 1 unspecified atom stereocenters. The van der Waals surface area contributed by atoms with Crippen molar-refractivity contribution in [2.24, 2.45) is 0 Å². The minimum absolute atomic E-state index is 0.300. The molecule has 4 nitrogen and oxygen atoms in total. The van der Waals surface area contributed by atoms with Crippen LogP contribution in [-0.4, -0.2) is 23.0 Å². The highest BCUT2D eigenvalue weighted by molar-refractivity contribution is 8.00. The molecular weight excluding hydrogens is 284 g/mol. The SMILES string of the molecule is COC(=O)C(Sc1nc(C)c(C)c(C)n1)c1ccccc1. The van der Waals surface area contributed by atoms with E-state index in [1.807, 2.05) is 51.1 Å². The first-order valence-corrected chi connectivity index (χ1v) is 7.52. The summed E-state index contributed by atoms with van der Waals surface area (Å²) < 4.78 is 4.91. The van der Waals surface area contributed by atoms with Crippen LogP contribution in [0.4, 0.5) is 0 Å². The average Bonchev–Trinajstić information content (AvgIpc) is 2.50. The first-order chi connectivity index (χ1) is 10.0. The van der Waals surface area contributed by atoms with Crippen LogP contribution in [0.25, 0.3) is 0 Å². The highest BCUT2D eigenvalue weighted by atomic mass is 32.2. The standard InChI is InChI=1S/C16H18N2O2S/c1-10-11(2)17-16(18-12(10)3)21-14(15(19)20-4)13-8-6-5-7-9-13/h5-9,14H,1-4H3. The number of carbonyl (C=O) groups excluding carboxylic acids is 1. The third kappa shape index (κ3) is 3.61. The van der Waals surface area contributed by atoms with Gasteiger partial charge in [-0.2, -0.15) is 0 Å². The Morgan fingerprint density at radius 3 is 2.19 bits per heavy atom. The van der Waals surface area contributed by atoms with Crippen LogP contribution < -0.4 is 0 Å². The maximum atomic E-state index is 12.1. The van der Waals surface area contributed by atoms with Crippen LogP contribution >= 0.6 is 11.8 Å². The van der Waals surface area contributed by atoms with Crippen molar-refractivity contribution in [3.8, 4) is 0 Å². The van der Waals surface area contributed by atoms with Gasteiger partial charge in [0.25, 0.3) is 0 Å². The number of thioether (sulfide) groups is 1. The highest BCUT2D eigenvalue weighted by Crippen LogP contribution is 2.34. The van der Waals surface area contributed by atoms with E-state index in [0.29, 0.717) is 5.16 Å². The van der Waals surface area contributed by atoms with E-state index in [4.69, 9.17) is 4.74 Å². The van der Waals surface area contributed by atoms with Crippen molar-refractivity contribution in [3.63, 3.8) is 0 Å². The number of aryl methyl sites for hydroxylation is 2. The number of hydrogen-bond donors (Lipinski definition) is 0. The van der Waals surface area contributed by atoms with Gasteiger partial charge in [-0.1, -0.05) is 42.1 Å². The first-order valence-electron chi connectivity index (χ1n) is 6.64. The molecule has 0 saturated carbocycles. The fraction of sp³-hybridized carbons (Fsp3) is 0.312. The maximum Gasteiger partial charge on any atom is 0.323 e. The molecule has 2 aromatic rings. The van der Waals surface area contributed by atoms with Gasteiger partial charge in [0, 0.05) is 11.4 Å². The molecule has 1 heterocycles. The molecule has 0 spiro atoms. The van der Waals surface area contributed by atoms with Gasteiger partial charge in [0.2, 0.25) is 0 Å². The molecule has 1 aromatic heterocycles. The summed E-state index contributed by atoms with van der Waals surface area (Å²) in [6.07, 6.45) is 0. The molecule has 0 saturated heterocycles. The fourth-order valence-electron chi connectivity index (χ4n) is 1.89. The summed E-state index contributed by atoms with van der Waals surface area (Å²) >= 11 is 1.31. The van der Waals surface area contributed by atoms with E-state index in [9.17, 15) is 4.79 Å². The molecule has 0 radical (unpaired) electrons. The molecule has 1 aromatic carbocycles. The van der Waals surface area contributed by atoms with E-state index < -0.39 is 5.25 Å². The molecule has 21 heavy (non-hydrogen) atoms. The van der Waals surface area contributed by atoms with Crippen LogP contribution in [0.2, 0.25) is 0 Å². The smallest absolute Gasteiger partial charge is 0.323 e. The van der Waals surface area contributed by atoms with E-state index in [1.165, 1.54) is 18.9 Å². The zero-order chi connectivity index (χ0) is 15.4. The molecule has 0 aliphatic heterocycles. The van der Waals surface area contributed by atoms with Gasteiger partial charge in [-0.25, -0.2) is 9.97 Å². The lowest BCUT2D eigenvalue weighted by Gasteiger charge is -2.14. The lowest BCUT2D eigenvalue weighted by atomic mass is 10.1. The maximum absolute atomic E-state index is 12.1. The Hall–Kier alpha value is -1.88. The summed E-state index contributed by atoms with van der Waals surface area (Å²) in [7, 11) is 1.39. The fourth-order valence-corrected chi connectivity index (χ4v) is 2.96. The summed E-state index contributed by atoms with van der Waals surface area (Å²) in [5.74, 6) is -0.300. The van der Waals surface area contributed by atoms with Crippen LogP contribution in [0, 0.1) is 20.8 Å². The molecule has 0 bridgehead atoms. The average molecular weight is 302 g/mol. The quantitative estimate of drug-likeness (QED) is 0.492. The lowest BCUT2D eigenvalue weighted by molar-refractivity contribution is -0.140. The van der Waals surface area contributed by atoms with Gasteiger partial charge in [0.15, 0.2) is 5.16 Å². The van der Waals surface area contributed by atoms with E-state index >= 15 is 0 Å². The monoisotopic (exact) mass is 302 g/mol. The van der Waals surface area contributed by atoms with Gasteiger partial charge in [0.1, 0.15) is 5.25 Å². The number of aromatic nitrogens is 2. The van der Waals surface area contributed by atoms with E-state index in [0.717, 1.165) is 22.5 Å². The zero-order valence-corrected chi connectivity index (χ0v) is 13.4. The lowest BCUT2D eigenvalue weighted by Crippen LogP contribution is -2.12. The van der Waals surface area contributed by atoms with Crippen LogP contribution in [-0.2, 0) is 9.53 Å². The van der Waals surface area contributed by atoms with E-state index in [2.05, 4.69) is 9.97 Å². The predicted molar refractivity (Wildman–Crippen MR) is 83.3 cm³/mol. The van der Waals surface area contributed by atoms with Crippen LogP contribution in [0.15, 0.2) is 35.5 Å². The Kier molecular flexibility index (Phi) is 4.96. The van der Waals surface area contributed by atoms with Crippen LogP contribution in [0.5, 0.6) is 0 Å². The van der Waals surface area contributed by atoms with Crippen LogP contribution in [0.3, 0.4) is 0 Å². The molecule has 2 rings (SSSR count). The largest absolute Gasteiger partial charge is 0.468 e. The Bertz CT molecular complexity index is 621. The summed E-state index contributed by atoms with van der Waals surface area (Å²) in [4.78, 5) is 21.0. The number of carbonyl (C=O) groups is 1. The molecule has 0 aliphatic rings. The highest BCUT2D eigenvalue weighted by Gasteiger charge is 2.24. The Morgan fingerprint density at radius 2 is 1.67 bits per heavy atom.